The van der Waals surface area contributed by atoms with E-state index in [2.05, 4.69) is 10.4 Å². The summed E-state index contributed by atoms with van der Waals surface area (Å²) in [6, 6.07) is 1.79. The summed E-state index contributed by atoms with van der Waals surface area (Å²) in [6.45, 7) is 4.50. The maximum atomic E-state index is 12.3. The Morgan fingerprint density at radius 3 is 2.86 bits per heavy atom. The van der Waals surface area contributed by atoms with Crippen LogP contribution in [0.25, 0.3) is 0 Å². The molecular formula is C16H26N4O2. The molecule has 0 saturated carbocycles. The average molecular weight is 306 g/mol. The van der Waals surface area contributed by atoms with Gasteiger partial charge in [0.2, 0.25) is 0 Å². The Morgan fingerprint density at radius 2 is 2.23 bits per heavy atom. The standard InChI is InChI=1S/C16H26N4O2/c1-19-8-6-15(18-19)16(21)20-9-4-13(5-10-20)2-3-14-12-17-7-11-22-14/h6,8,13-14,17H,2-5,7,9-12H2,1H3. The van der Waals surface area contributed by atoms with E-state index in [4.69, 9.17) is 4.74 Å². The quantitative estimate of drug-likeness (QED) is 0.903. The summed E-state index contributed by atoms with van der Waals surface area (Å²) in [7, 11) is 1.84. The van der Waals surface area contributed by atoms with Crippen molar-refractivity contribution in [1.29, 1.82) is 0 Å². The van der Waals surface area contributed by atoms with Gasteiger partial charge < -0.3 is 15.0 Å². The molecule has 2 aliphatic heterocycles. The Morgan fingerprint density at radius 1 is 1.41 bits per heavy atom. The molecule has 1 amide bonds. The fraction of sp³-hybridized carbons (Fsp3) is 0.750. The Balaban J connectivity index is 1.41. The van der Waals surface area contributed by atoms with Crippen molar-refractivity contribution >= 4 is 5.91 Å². The van der Waals surface area contributed by atoms with Crippen LogP contribution in [0.5, 0.6) is 0 Å². The second-order valence-corrected chi connectivity index (χ2v) is 6.38. The molecule has 22 heavy (non-hydrogen) atoms. The van der Waals surface area contributed by atoms with Gasteiger partial charge in [-0.05, 0) is 37.7 Å². The normalized spacial score (nSPS) is 23.7. The third kappa shape index (κ3) is 3.87. The van der Waals surface area contributed by atoms with Gasteiger partial charge in [0.15, 0.2) is 0 Å². The van der Waals surface area contributed by atoms with E-state index in [1.165, 1.54) is 6.42 Å². The molecule has 3 rings (SSSR count). The predicted molar refractivity (Wildman–Crippen MR) is 83.7 cm³/mol. The molecule has 0 spiro atoms. The van der Waals surface area contributed by atoms with Gasteiger partial charge in [-0.3, -0.25) is 9.48 Å². The number of nitrogens with one attached hydrogen (secondary N) is 1. The molecule has 122 valence electrons. The lowest BCUT2D eigenvalue weighted by molar-refractivity contribution is 0.0175. The van der Waals surface area contributed by atoms with Gasteiger partial charge in [0.25, 0.3) is 5.91 Å². The number of ether oxygens (including phenoxy) is 1. The molecule has 2 aliphatic rings. The van der Waals surface area contributed by atoms with E-state index in [1.54, 1.807) is 10.7 Å². The van der Waals surface area contributed by atoms with Crippen LogP contribution in [-0.2, 0) is 11.8 Å². The molecule has 1 atom stereocenters. The van der Waals surface area contributed by atoms with Crippen molar-refractivity contribution < 1.29 is 9.53 Å². The monoisotopic (exact) mass is 306 g/mol. The number of carbonyl (C=O) groups excluding carboxylic acids is 1. The molecule has 0 aliphatic carbocycles. The van der Waals surface area contributed by atoms with Crippen LogP contribution in [0.4, 0.5) is 0 Å². The third-order valence-electron chi connectivity index (χ3n) is 4.74. The summed E-state index contributed by atoms with van der Waals surface area (Å²) in [6.07, 6.45) is 6.72. The molecule has 0 radical (unpaired) electrons. The summed E-state index contributed by atoms with van der Waals surface area (Å²) >= 11 is 0. The number of carbonyl (C=O) groups is 1. The summed E-state index contributed by atoms with van der Waals surface area (Å²) < 4.78 is 7.43. The summed E-state index contributed by atoms with van der Waals surface area (Å²) in [5, 5.41) is 7.58. The highest BCUT2D eigenvalue weighted by molar-refractivity contribution is 5.92. The number of piperidine rings is 1. The number of nitrogens with zero attached hydrogens (tertiary/aromatic N) is 3. The van der Waals surface area contributed by atoms with E-state index in [0.29, 0.717) is 11.8 Å². The molecule has 2 saturated heterocycles. The molecule has 6 nitrogen and oxygen atoms in total. The van der Waals surface area contributed by atoms with Gasteiger partial charge >= 0.3 is 0 Å². The number of aryl methyl sites for hydroxylation is 1. The van der Waals surface area contributed by atoms with Crippen molar-refractivity contribution in [2.75, 3.05) is 32.8 Å². The van der Waals surface area contributed by atoms with E-state index in [1.807, 2.05) is 18.1 Å². The van der Waals surface area contributed by atoms with Crippen LogP contribution < -0.4 is 5.32 Å². The number of rotatable bonds is 4. The van der Waals surface area contributed by atoms with Gasteiger partial charge in [0, 0.05) is 39.4 Å². The van der Waals surface area contributed by atoms with E-state index in [0.717, 1.165) is 58.0 Å². The van der Waals surface area contributed by atoms with Crippen LogP contribution in [0.2, 0.25) is 0 Å². The topological polar surface area (TPSA) is 59.4 Å². The second kappa shape index (κ2) is 7.24. The van der Waals surface area contributed by atoms with E-state index in [9.17, 15) is 4.79 Å². The minimum Gasteiger partial charge on any atom is -0.376 e. The highest BCUT2D eigenvalue weighted by Crippen LogP contribution is 2.24. The largest absolute Gasteiger partial charge is 0.376 e. The van der Waals surface area contributed by atoms with Crippen molar-refractivity contribution in [2.45, 2.75) is 31.8 Å². The SMILES string of the molecule is Cn1ccc(C(=O)N2CCC(CCC3CNCCO3)CC2)n1. The molecule has 1 aromatic rings. The molecule has 6 heteroatoms. The molecule has 0 aromatic carbocycles. The molecule has 2 fully saturated rings. The lowest BCUT2D eigenvalue weighted by Crippen LogP contribution is -2.40. The van der Waals surface area contributed by atoms with Crippen LogP contribution in [0.3, 0.4) is 0 Å². The summed E-state index contributed by atoms with van der Waals surface area (Å²) in [5.74, 6) is 0.789. The van der Waals surface area contributed by atoms with E-state index < -0.39 is 0 Å². The lowest BCUT2D eigenvalue weighted by atomic mass is 9.90. The summed E-state index contributed by atoms with van der Waals surface area (Å²) in [4.78, 5) is 14.3. The smallest absolute Gasteiger partial charge is 0.274 e. The van der Waals surface area contributed by atoms with Gasteiger partial charge in [0.05, 0.1) is 12.7 Å². The van der Waals surface area contributed by atoms with Crippen molar-refractivity contribution in [3.8, 4) is 0 Å². The van der Waals surface area contributed by atoms with Crippen molar-refractivity contribution in [3.63, 3.8) is 0 Å². The first-order valence-corrected chi connectivity index (χ1v) is 8.33. The van der Waals surface area contributed by atoms with Gasteiger partial charge in [-0.25, -0.2) is 0 Å². The average Bonchev–Trinajstić information content (AvgIpc) is 3.00. The number of likely N-dealkylation sites (tertiary alicyclic amines) is 1. The Kier molecular flexibility index (Phi) is 5.10. The zero-order valence-electron chi connectivity index (χ0n) is 13.3. The zero-order valence-corrected chi connectivity index (χ0v) is 13.3. The molecule has 0 bridgehead atoms. The van der Waals surface area contributed by atoms with Crippen molar-refractivity contribution in [1.82, 2.24) is 20.0 Å². The number of aromatic nitrogens is 2. The lowest BCUT2D eigenvalue weighted by Gasteiger charge is -2.32. The maximum absolute atomic E-state index is 12.3. The Bertz CT molecular complexity index is 488. The molecule has 1 N–H and O–H groups in total. The first kappa shape index (κ1) is 15.5. The van der Waals surface area contributed by atoms with Gasteiger partial charge in [0.1, 0.15) is 5.69 Å². The fourth-order valence-corrected chi connectivity index (χ4v) is 3.34. The minimum atomic E-state index is 0.0684. The number of hydrogen-bond donors (Lipinski definition) is 1. The second-order valence-electron chi connectivity index (χ2n) is 6.38. The first-order chi connectivity index (χ1) is 10.7. The molecule has 1 aromatic heterocycles. The van der Waals surface area contributed by atoms with Crippen LogP contribution >= 0.6 is 0 Å². The first-order valence-electron chi connectivity index (χ1n) is 8.33. The number of hydrogen-bond acceptors (Lipinski definition) is 4. The molecular weight excluding hydrogens is 280 g/mol. The fourth-order valence-electron chi connectivity index (χ4n) is 3.34. The predicted octanol–water partition coefficient (Wildman–Crippen LogP) is 1.04. The molecule has 1 unspecified atom stereocenters. The van der Waals surface area contributed by atoms with Crippen LogP contribution in [-0.4, -0.2) is 59.5 Å². The third-order valence-corrected chi connectivity index (χ3v) is 4.74. The Labute approximate surface area is 131 Å². The van der Waals surface area contributed by atoms with Gasteiger partial charge in [-0.2, -0.15) is 5.10 Å². The summed E-state index contributed by atoms with van der Waals surface area (Å²) in [5.41, 5.74) is 0.558. The maximum Gasteiger partial charge on any atom is 0.274 e. The van der Waals surface area contributed by atoms with E-state index in [-0.39, 0.29) is 5.91 Å². The molecule has 3 heterocycles. The van der Waals surface area contributed by atoms with Gasteiger partial charge in [-0.1, -0.05) is 0 Å². The van der Waals surface area contributed by atoms with Gasteiger partial charge in [-0.15, -0.1) is 0 Å². The number of amides is 1. The van der Waals surface area contributed by atoms with Crippen molar-refractivity contribution in [3.05, 3.63) is 18.0 Å². The van der Waals surface area contributed by atoms with Crippen LogP contribution in [0.15, 0.2) is 12.3 Å². The highest BCUT2D eigenvalue weighted by atomic mass is 16.5. The van der Waals surface area contributed by atoms with Crippen molar-refractivity contribution in [2.24, 2.45) is 13.0 Å². The van der Waals surface area contributed by atoms with E-state index >= 15 is 0 Å². The highest BCUT2D eigenvalue weighted by Gasteiger charge is 2.25. The number of morpholine rings is 1. The minimum absolute atomic E-state index is 0.0684. The van der Waals surface area contributed by atoms with Crippen LogP contribution in [0.1, 0.15) is 36.2 Å². The van der Waals surface area contributed by atoms with Crippen LogP contribution in [0, 0.1) is 5.92 Å². The Hall–Kier alpha value is -1.40. The zero-order chi connectivity index (χ0) is 15.4.